The van der Waals surface area contributed by atoms with Crippen molar-refractivity contribution in [2.75, 3.05) is 13.6 Å². The average Bonchev–Trinajstić information content (AvgIpc) is 2.75. The minimum absolute atomic E-state index is 0.649. The van der Waals surface area contributed by atoms with E-state index in [4.69, 9.17) is 0 Å². The van der Waals surface area contributed by atoms with Crippen molar-refractivity contribution in [3.05, 3.63) is 40.4 Å². The lowest BCUT2D eigenvalue weighted by atomic mass is 10.2. The minimum atomic E-state index is -0.821. The van der Waals surface area contributed by atoms with Crippen molar-refractivity contribution < 1.29 is 8.78 Å². The fourth-order valence-corrected chi connectivity index (χ4v) is 3.26. The third-order valence-electron chi connectivity index (χ3n) is 3.09. The minimum Gasteiger partial charge on any atom is -0.301 e. The molecule has 0 saturated heterocycles. The van der Waals surface area contributed by atoms with Gasteiger partial charge in [0.2, 0.25) is 0 Å². The Morgan fingerprint density at radius 3 is 2.89 bits per heavy atom. The summed E-state index contributed by atoms with van der Waals surface area (Å²) in [6.45, 7) is 1.88. The fourth-order valence-electron chi connectivity index (χ4n) is 2.08. The van der Waals surface area contributed by atoms with E-state index in [2.05, 4.69) is 16.9 Å². The first kappa shape index (κ1) is 11.7. The monoisotopic (exact) mass is 266 g/mol. The summed E-state index contributed by atoms with van der Waals surface area (Å²) in [5.74, 6) is -1.64. The number of nitrogens with zero attached hydrogens (tertiary/aromatic N) is 2. The van der Waals surface area contributed by atoms with Crippen LogP contribution in [0.4, 0.5) is 8.78 Å². The van der Waals surface area contributed by atoms with Gasteiger partial charge in [-0.15, -0.1) is 11.3 Å². The van der Waals surface area contributed by atoms with Crippen LogP contribution in [0, 0.1) is 11.6 Å². The number of likely N-dealkylation sites (N-methyl/N-ethyl adjacent to an activating group) is 1. The van der Waals surface area contributed by atoms with Crippen molar-refractivity contribution >= 4 is 11.3 Å². The van der Waals surface area contributed by atoms with Gasteiger partial charge in [-0.1, -0.05) is 0 Å². The third kappa shape index (κ3) is 2.04. The fraction of sp³-hybridized carbons (Fsp3) is 0.308. The first-order valence-corrected chi connectivity index (χ1v) is 6.57. The summed E-state index contributed by atoms with van der Waals surface area (Å²) in [6.07, 6.45) is 0.923. The quantitative estimate of drug-likeness (QED) is 0.788. The Morgan fingerprint density at radius 1 is 1.28 bits per heavy atom. The molecule has 0 N–H and O–H groups in total. The molecule has 0 aliphatic carbocycles. The van der Waals surface area contributed by atoms with E-state index in [1.165, 1.54) is 10.9 Å². The Bertz CT molecular complexity index is 595. The maximum absolute atomic E-state index is 13.2. The van der Waals surface area contributed by atoms with Crippen LogP contribution in [0.1, 0.15) is 10.6 Å². The van der Waals surface area contributed by atoms with Gasteiger partial charge in [-0.25, -0.2) is 13.8 Å². The van der Waals surface area contributed by atoms with Crippen LogP contribution in [0.25, 0.3) is 10.6 Å². The molecule has 0 saturated carbocycles. The Labute approximate surface area is 108 Å². The highest BCUT2D eigenvalue weighted by molar-refractivity contribution is 7.15. The maximum Gasteiger partial charge on any atom is 0.159 e. The highest BCUT2D eigenvalue weighted by atomic mass is 32.1. The smallest absolute Gasteiger partial charge is 0.159 e. The molecule has 18 heavy (non-hydrogen) atoms. The van der Waals surface area contributed by atoms with Crippen LogP contribution in [0.2, 0.25) is 0 Å². The molecule has 2 aromatic rings. The summed E-state index contributed by atoms with van der Waals surface area (Å²) in [6, 6.07) is 3.94. The van der Waals surface area contributed by atoms with Crippen molar-refractivity contribution in [2.24, 2.45) is 0 Å². The molecule has 2 nitrogen and oxygen atoms in total. The second-order valence-electron chi connectivity index (χ2n) is 4.51. The second kappa shape index (κ2) is 4.40. The number of fused-ring (bicyclic) bond motifs is 1. The molecule has 1 aromatic carbocycles. The number of aromatic nitrogens is 1. The van der Waals surface area contributed by atoms with E-state index in [1.54, 1.807) is 17.4 Å². The summed E-state index contributed by atoms with van der Waals surface area (Å²) < 4.78 is 26.1. The molecule has 0 radical (unpaired) electrons. The van der Waals surface area contributed by atoms with E-state index >= 15 is 0 Å². The van der Waals surface area contributed by atoms with Crippen LogP contribution in [-0.2, 0) is 13.0 Å². The van der Waals surface area contributed by atoms with Gasteiger partial charge in [0.05, 0.1) is 5.69 Å². The Kier molecular flexibility index (Phi) is 2.87. The molecule has 2 heterocycles. The van der Waals surface area contributed by atoms with Crippen molar-refractivity contribution in [3.63, 3.8) is 0 Å². The molecular weight excluding hydrogens is 254 g/mol. The van der Waals surface area contributed by atoms with Crippen molar-refractivity contribution in [2.45, 2.75) is 13.0 Å². The van der Waals surface area contributed by atoms with Crippen LogP contribution in [-0.4, -0.2) is 23.5 Å². The van der Waals surface area contributed by atoms with Gasteiger partial charge in [0.25, 0.3) is 0 Å². The van der Waals surface area contributed by atoms with E-state index < -0.39 is 11.6 Å². The molecule has 0 spiro atoms. The number of halogens is 2. The number of thiazole rings is 1. The number of hydrogen-bond donors (Lipinski definition) is 0. The average molecular weight is 266 g/mol. The predicted molar refractivity (Wildman–Crippen MR) is 67.5 cm³/mol. The van der Waals surface area contributed by atoms with Gasteiger partial charge >= 0.3 is 0 Å². The summed E-state index contributed by atoms with van der Waals surface area (Å²) in [5, 5.41) is 0.772. The predicted octanol–water partition coefficient (Wildman–Crippen LogP) is 3.08. The van der Waals surface area contributed by atoms with Gasteiger partial charge in [-0.05, 0) is 25.2 Å². The highest BCUT2D eigenvalue weighted by Gasteiger charge is 2.19. The summed E-state index contributed by atoms with van der Waals surface area (Å²) in [5.41, 5.74) is 1.74. The maximum atomic E-state index is 13.2. The standard InChI is InChI=1S/C13H12F2N2S/c1-17-5-4-11-12(7-17)18-13(16-11)8-2-3-9(14)10(15)6-8/h2-3,6H,4-5,7H2,1H3. The molecule has 0 bridgehead atoms. The highest BCUT2D eigenvalue weighted by Crippen LogP contribution is 2.31. The SMILES string of the molecule is CN1CCc2nc(-c3ccc(F)c(F)c3)sc2C1. The lowest BCUT2D eigenvalue weighted by Crippen LogP contribution is -2.25. The first-order chi connectivity index (χ1) is 8.63. The van der Waals surface area contributed by atoms with Crippen molar-refractivity contribution in [1.29, 1.82) is 0 Å². The number of hydrogen-bond acceptors (Lipinski definition) is 3. The van der Waals surface area contributed by atoms with Crippen molar-refractivity contribution in [1.82, 2.24) is 9.88 Å². The third-order valence-corrected chi connectivity index (χ3v) is 4.22. The molecule has 1 aliphatic heterocycles. The van der Waals surface area contributed by atoms with Crippen LogP contribution in [0.3, 0.4) is 0 Å². The van der Waals surface area contributed by atoms with Gasteiger partial charge in [0.15, 0.2) is 11.6 Å². The van der Waals surface area contributed by atoms with Gasteiger partial charge in [0, 0.05) is 30.0 Å². The number of rotatable bonds is 1. The zero-order chi connectivity index (χ0) is 12.7. The normalized spacial score (nSPS) is 15.7. The van der Waals surface area contributed by atoms with Crippen LogP contribution < -0.4 is 0 Å². The zero-order valence-corrected chi connectivity index (χ0v) is 10.7. The van der Waals surface area contributed by atoms with Crippen LogP contribution in [0.15, 0.2) is 18.2 Å². The van der Waals surface area contributed by atoms with E-state index in [-0.39, 0.29) is 0 Å². The Hall–Kier alpha value is -1.33. The molecule has 0 amide bonds. The first-order valence-electron chi connectivity index (χ1n) is 5.76. The topological polar surface area (TPSA) is 16.1 Å². The molecule has 5 heteroatoms. The van der Waals surface area contributed by atoms with E-state index in [0.29, 0.717) is 5.56 Å². The van der Waals surface area contributed by atoms with Crippen LogP contribution in [0.5, 0.6) is 0 Å². The molecule has 94 valence electrons. The summed E-state index contributed by atoms with van der Waals surface area (Å²) in [4.78, 5) is 7.99. The molecular formula is C13H12F2N2S. The van der Waals surface area contributed by atoms with Gasteiger partial charge in [-0.3, -0.25) is 0 Å². The molecule has 1 aromatic heterocycles. The van der Waals surface area contributed by atoms with Crippen LogP contribution >= 0.6 is 11.3 Å². The van der Waals surface area contributed by atoms with E-state index in [1.807, 2.05) is 0 Å². The second-order valence-corrected chi connectivity index (χ2v) is 5.59. The van der Waals surface area contributed by atoms with E-state index in [9.17, 15) is 8.78 Å². The largest absolute Gasteiger partial charge is 0.301 e. The lowest BCUT2D eigenvalue weighted by molar-refractivity contribution is 0.314. The Balaban J connectivity index is 2.00. The summed E-state index contributed by atoms with van der Waals surface area (Å²) in [7, 11) is 2.07. The van der Waals surface area contributed by atoms with Gasteiger partial charge < -0.3 is 4.90 Å². The van der Waals surface area contributed by atoms with Gasteiger partial charge in [0.1, 0.15) is 5.01 Å². The molecule has 0 unspecified atom stereocenters. The Morgan fingerprint density at radius 2 is 2.11 bits per heavy atom. The molecule has 0 fully saturated rings. The lowest BCUT2D eigenvalue weighted by Gasteiger charge is -2.20. The van der Waals surface area contributed by atoms with Crippen molar-refractivity contribution in [3.8, 4) is 10.6 Å². The number of benzene rings is 1. The molecule has 0 atom stereocenters. The molecule has 3 rings (SSSR count). The van der Waals surface area contributed by atoms with Gasteiger partial charge in [-0.2, -0.15) is 0 Å². The molecule has 1 aliphatic rings. The summed E-state index contributed by atoms with van der Waals surface area (Å²) >= 11 is 1.56. The zero-order valence-electron chi connectivity index (χ0n) is 9.91. The van der Waals surface area contributed by atoms with E-state index in [0.717, 1.165) is 36.3 Å².